The fourth-order valence-corrected chi connectivity index (χ4v) is 4.49. The van der Waals surface area contributed by atoms with Crippen LogP contribution in [0.5, 0.6) is 17.2 Å². The van der Waals surface area contributed by atoms with Gasteiger partial charge in [0.2, 0.25) is 5.91 Å². The quantitative estimate of drug-likeness (QED) is 0.358. The first-order chi connectivity index (χ1) is 16.2. The molecule has 0 aliphatic carbocycles. The number of rotatable bonds is 4. The monoisotopic (exact) mass is 483 g/mol. The molecule has 0 unspecified atom stereocenters. The van der Waals surface area contributed by atoms with Gasteiger partial charge in [-0.15, -0.1) is 0 Å². The van der Waals surface area contributed by atoms with Gasteiger partial charge in [-0.05, 0) is 48.4 Å². The van der Waals surface area contributed by atoms with E-state index in [2.05, 4.69) is 0 Å². The van der Waals surface area contributed by atoms with Gasteiger partial charge in [-0.3, -0.25) is 14.4 Å². The maximum Gasteiger partial charge on any atom is 0.308 e. The number of Topliss-reactive ketones (excluding diaryl/α,β-unsaturated/α-hetero) is 1. The number of hydrogen-bond acceptors (Lipinski definition) is 6. The van der Waals surface area contributed by atoms with Crippen LogP contribution in [0.25, 0.3) is 6.08 Å². The van der Waals surface area contributed by atoms with E-state index < -0.39 is 11.6 Å². The van der Waals surface area contributed by atoms with Crippen LogP contribution in [0.2, 0.25) is 5.02 Å². The van der Waals surface area contributed by atoms with Crippen LogP contribution < -0.4 is 14.2 Å². The van der Waals surface area contributed by atoms with Crippen LogP contribution in [0.3, 0.4) is 0 Å². The number of fused-ring (bicyclic) bond motifs is 1. The second-order valence-corrected chi connectivity index (χ2v) is 9.05. The predicted octanol–water partition coefficient (Wildman–Crippen LogP) is 4.62. The van der Waals surface area contributed by atoms with E-state index in [-0.39, 0.29) is 18.1 Å². The van der Waals surface area contributed by atoms with E-state index in [1.807, 2.05) is 13.0 Å². The average molecular weight is 484 g/mol. The second kappa shape index (κ2) is 9.50. The molecule has 1 fully saturated rings. The predicted molar refractivity (Wildman–Crippen MR) is 128 cm³/mol. The van der Waals surface area contributed by atoms with Crippen molar-refractivity contribution in [2.24, 2.45) is 0 Å². The number of benzene rings is 2. The van der Waals surface area contributed by atoms with E-state index in [0.717, 1.165) is 11.1 Å². The molecule has 4 rings (SSSR count). The number of ether oxygens (including phenoxy) is 3. The lowest BCUT2D eigenvalue weighted by Gasteiger charge is -2.43. The van der Waals surface area contributed by atoms with Gasteiger partial charge in [-0.1, -0.05) is 17.7 Å². The highest BCUT2D eigenvalue weighted by molar-refractivity contribution is 6.31. The Balaban J connectivity index is 1.40. The van der Waals surface area contributed by atoms with Crippen molar-refractivity contribution in [3.8, 4) is 17.2 Å². The number of likely N-dealkylation sites (tertiary alicyclic amines) is 1. The van der Waals surface area contributed by atoms with Crippen LogP contribution >= 0.6 is 11.6 Å². The number of nitrogens with zero attached hydrogens (tertiary/aromatic N) is 1. The highest BCUT2D eigenvalue weighted by atomic mass is 35.5. The smallest absolute Gasteiger partial charge is 0.308 e. The molecule has 2 aliphatic heterocycles. The SMILES string of the molecule is COc1cc(/C=C/C(=O)N2CCC3(CC2)CC(=O)c2cc(Cl)c(C)cc2O3)ccc1OC(C)=O. The first-order valence-corrected chi connectivity index (χ1v) is 11.4. The minimum Gasteiger partial charge on any atom is -0.493 e. The Hall–Kier alpha value is -3.32. The minimum atomic E-state index is -0.593. The largest absolute Gasteiger partial charge is 0.493 e. The van der Waals surface area contributed by atoms with Gasteiger partial charge in [-0.2, -0.15) is 0 Å². The Bertz CT molecular complexity index is 1180. The Morgan fingerprint density at radius 3 is 2.56 bits per heavy atom. The number of hydrogen-bond donors (Lipinski definition) is 0. The second-order valence-electron chi connectivity index (χ2n) is 8.65. The van der Waals surface area contributed by atoms with Crippen molar-refractivity contribution < 1.29 is 28.6 Å². The van der Waals surface area contributed by atoms with E-state index in [9.17, 15) is 14.4 Å². The Kier molecular flexibility index (Phi) is 6.66. The molecule has 0 saturated carbocycles. The summed E-state index contributed by atoms with van der Waals surface area (Å²) in [7, 11) is 1.48. The molecule has 178 valence electrons. The topological polar surface area (TPSA) is 82.1 Å². The zero-order valence-corrected chi connectivity index (χ0v) is 20.1. The maximum atomic E-state index is 12.8. The third-order valence-electron chi connectivity index (χ3n) is 6.22. The number of esters is 1. The summed E-state index contributed by atoms with van der Waals surface area (Å²) >= 11 is 6.18. The molecular formula is C26H26ClNO6. The van der Waals surface area contributed by atoms with Crippen LogP contribution in [0.1, 0.15) is 47.7 Å². The van der Waals surface area contributed by atoms with Gasteiger partial charge in [0.1, 0.15) is 11.4 Å². The highest BCUT2D eigenvalue weighted by Gasteiger charge is 2.43. The lowest BCUT2D eigenvalue weighted by atomic mass is 9.82. The van der Waals surface area contributed by atoms with E-state index in [4.69, 9.17) is 25.8 Å². The number of carbonyl (C=O) groups is 3. The molecule has 2 aromatic rings. The fraction of sp³-hybridized carbons (Fsp3) is 0.346. The van der Waals surface area contributed by atoms with Crippen LogP contribution in [-0.4, -0.2) is 48.4 Å². The molecule has 34 heavy (non-hydrogen) atoms. The summed E-state index contributed by atoms with van der Waals surface area (Å²) in [5.41, 5.74) is 1.53. The van der Waals surface area contributed by atoms with E-state index >= 15 is 0 Å². The van der Waals surface area contributed by atoms with Crippen LogP contribution in [0.15, 0.2) is 36.4 Å². The molecular weight excluding hydrogens is 458 g/mol. The zero-order valence-electron chi connectivity index (χ0n) is 19.4. The number of piperidine rings is 1. The number of halogens is 1. The normalized spacial score (nSPS) is 16.8. The number of aryl methyl sites for hydroxylation is 1. The van der Waals surface area contributed by atoms with Crippen molar-refractivity contribution in [3.63, 3.8) is 0 Å². The third kappa shape index (κ3) is 4.94. The molecule has 8 heteroatoms. The molecule has 7 nitrogen and oxygen atoms in total. The maximum absolute atomic E-state index is 12.8. The molecule has 0 bridgehead atoms. The fourth-order valence-electron chi connectivity index (χ4n) is 4.33. The molecule has 2 aliphatic rings. The van der Waals surface area contributed by atoms with Gasteiger partial charge >= 0.3 is 5.97 Å². The first-order valence-electron chi connectivity index (χ1n) is 11.1. The van der Waals surface area contributed by atoms with Crippen molar-refractivity contribution in [2.45, 2.75) is 38.7 Å². The van der Waals surface area contributed by atoms with E-state index in [1.165, 1.54) is 20.1 Å². The number of amides is 1. The Labute approximate surface area is 203 Å². The zero-order chi connectivity index (χ0) is 24.5. The minimum absolute atomic E-state index is 0.0222. The molecule has 1 saturated heterocycles. The van der Waals surface area contributed by atoms with Crippen LogP contribution in [0, 0.1) is 6.92 Å². The van der Waals surface area contributed by atoms with Gasteiger partial charge in [0.05, 0.1) is 19.1 Å². The molecule has 0 aromatic heterocycles. The van der Waals surface area contributed by atoms with Crippen LogP contribution in [-0.2, 0) is 9.59 Å². The van der Waals surface area contributed by atoms with Crippen molar-refractivity contribution in [1.82, 2.24) is 4.90 Å². The summed E-state index contributed by atoms with van der Waals surface area (Å²) in [6.07, 6.45) is 4.63. The van der Waals surface area contributed by atoms with Crippen molar-refractivity contribution >= 4 is 35.3 Å². The lowest BCUT2D eigenvalue weighted by Crippen LogP contribution is -2.52. The summed E-state index contributed by atoms with van der Waals surface area (Å²) in [4.78, 5) is 38.5. The van der Waals surface area contributed by atoms with Crippen molar-refractivity contribution in [3.05, 3.63) is 58.1 Å². The van der Waals surface area contributed by atoms with Crippen molar-refractivity contribution in [1.29, 1.82) is 0 Å². The molecule has 0 N–H and O–H groups in total. The van der Waals surface area contributed by atoms with Gasteiger partial charge in [0.15, 0.2) is 17.3 Å². The summed E-state index contributed by atoms with van der Waals surface area (Å²) in [6, 6.07) is 8.55. The van der Waals surface area contributed by atoms with Gasteiger partial charge in [0.25, 0.3) is 0 Å². The van der Waals surface area contributed by atoms with E-state index in [1.54, 1.807) is 35.2 Å². The summed E-state index contributed by atoms with van der Waals surface area (Å²) in [6.45, 7) is 4.18. The molecule has 0 radical (unpaired) electrons. The number of methoxy groups -OCH3 is 1. The van der Waals surface area contributed by atoms with Crippen LogP contribution in [0.4, 0.5) is 0 Å². The summed E-state index contributed by atoms with van der Waals surface area (Å²) < 4.78 is 16.7. The summed E-state index contributed by atoms with van der Waals surface area (Å²) in [5, 5.41) is 0.553. The average Bonchev–Trinajstić information content (AvgIpc) is 2.80. The standard InChI is InChI=1S/C26H26ClNO6/c1-16-12-23-19(14-20(16)27)21(30)15-26(34-23)8-10-28(11-9-26)25(31)7-5-18-4-6-22(33-17(2)29)24(13-18)32-3/h4-7,12-14H,8-11,15H2,1-3H3/b7-5+. The highest BCUT2D eigenvalue weighted by Crippen LogP contribution is 2.41. The molecule has 2 aromatic carbocycles. The van der Waals surface area contributed by atoms with Gasteiger partial charge < -0.3 is 19.1 Å². The molecule has 1 amide bonds. The van der Waals surface area contributed by atoms with E-state index in [0.29, 0.717) is 53.8 Å². The number of ketones is 1. The Morgan fingerprint density at radius 2 is 1.88 bits per heavy atom. The van der Waals surface area contributed by atoms with Gasteiger partial charge in [-0.25, -0.2) is 0 Å². The first kappa shape index (κ1) is 23.8. The summed E-state index contributed by atoms with van der Waals surface area (Å²) in [5.74, 6) is 0.758. The van der Waals surface area contributed by atoms with Crippen molar-refractivity contribution in [2.75, 3.05) is 20.2 Å². The lowest BCUT2D eigenvalue weighted by molar-refractivity contribution is -0.132. The number of carbonyl (C=O) groups excluding carboxylic acids is 3. The van der Waals surface area contributed by atoms with Gasteiger partial charge in [0, 0.05) is 44.0 Å². The molecule has 2 heterocycles. The Morgan fingerprint density at radius 1 is 1.15 bits per heavy atom. The molecule has 0 atom stereocenters. The molecule has 1 spiro atoms. The third-order valence-corrected chi connectivity index (χ3v) is 6.62.